The minimum absolute atomic E-state index is 0.204. The predicted octanol–water partition coefficient (Wildman–Crippen LogP) is 2.84. The summed E-state index contributed by atoms with van der Waals surface area (Å²) < 4.78 is 7.36. The van der Waals surface area contributed by atoms with E-state index in [0.29, 0.717) is 17.7 Å². The molecular weight excluding hydrogens is 378 g/mol. The molecule has 1 amide bonds. The molecule has 1 fully saturated rings. The lowest BCUT2D eigenvalue weighted by Gasteiger charge is -2.25. The first-order valence-electron chi connectivity index (χ1n) is 10.3. The molecule has 1 saturated heterocycles. The normalized spacial score (nSPS) is 20.4. The number of fused-ring (bicyclic) bond motifs is 2. The lowest BCUT2D eigenvalue weighted by Crippen LogP contribution is -2.31. The molecule has 5 rings (SSSR count). The third kappa shape index (κ3) is 3.68. The average Bonchev–Trinajstić information content (AvgIpc) is 3.35. The molecule has 0 spiro atoms. The zero-order chi connectivity index (χ0) is 20.5. The molecule has 2 unspecified atom stereocenters. The van der Waals surface area contributed by atoms with Crippen LogP contribution in [0.4, 0.5) is 5.69 Å². The van der Waals surface area contributed by atoms with Gasteiger partial charge in [-0.25, -0.2) is 0 Å². The van der Waals surface area contributed by atoms with E-state index in [4.69, 9.17) is 4.74 Å². The molecular formula is C23H25N5O2. The number of hydrogen-bond acceptors (Lipinski definition) is 5. The summed E-state index contributed by atoms with van der Waals surface area (Å²) in [4.78, 5) is 15.2. The van der Waals surface area contributed by atoms with Crippen LogP contribution < -0.4 is 10.1 Å². The number of benzene rings is 2. The van der Waals surface area contributed by atoms with Gasteiger partial charge in [-0.1, -0.05) is 30.3 Å². The molecule has 0 aliphatic carbocycles. The van der Waals surface area contributed by atoms with Crippen molar-refractivity contribution in [3.05, 3.63) is 71.8 Å². The van der Waals surface area contributed by atoms with Gasteiger partial charge in [0.2, 0.25) is 5.82 Å². The third-order valence-corrected chi connectivity index (χ3v) is 6.12. The summed E-state index contributed by atoms with van der Waals surface area (Å²) in [6.45, 7) is 3.75. The van der Waals surface area contributed by atoms with Gasteiger partial charge in [0.25, 0.3) is 5.91 Å². The minimum atomic E-state index is -0.204. The zero-order valence-corrected chi connectivity index (χ0v) is 17.0. The largest absolute Gasteiger partial charge is 0.497 e. The number of amides is 1. The maximum Gasteiger partial charge on any atom is 0.293 e. The van der Waals surface area contributed by atoms with E-state index in [1.165, 1.54) is 5.56 Å². The molecule has 7 heteroatoms. The Balaban J connectivity index is 1.27. The molecule has 2 aliphatic heterocycles. The van der Waals surface area contributed by atoms with Gasteiger partial charge in [-0.15, -0.1) is 10.2 Å². The van der Waals surface area contributed by atoms with E-state index in [2.05, 4.69) is 32.5 Å². The van der Waals surface area contributed by atoms with E-state index in [9.17, 15) is 4.79 Å². The molecule has 1 aromatic heterocycles. The van der Waals surface area contributed by atoms with Crippen LogP contribution in [-0.2, 0) is 19.5 Å². The van der Waals surface area contributed by atoms with Crippen LogP contribution in [0.15, 0.2) is 54.6 Å². The first-order chi connectivity index (χ1) is 14.7. The highest BCUT2D eigenvalue weighted by Gasteiger charge is 2.39. The van der Waals surface area contributed by atoms with Crippen molar-refractivity contribution in [3.63, 3.8) is 0 Å². The number of nitrogens with one attached hydrogen (secondary N) is 1. The van der Waals surface area contributed by atoms with Crippen molar-refractivity contribution in [3.8, 4) is 5.75 Å². The Labute approximate surface area is 175 Å². The fourth-order valence-corrected chi connectivity index (χ4v) is 4.66. The Hall–Kier alpha value is -3.19. The highest BCUT2D eigenvalue weighted by molar-refractivity contribution is 6.01. The van der Waals surface area contributed by atoms with Crippen molar-refractivity contribution in [1.82, 2.24) is 19.7 Å². The van der Waals surface area contributed by atoms with Gasteiger partial charge in [0, 0.05) is 38.3 Å². The molecule has 3 aromatic rings. The molecule has 0 radical (unpaired) electrons. The van der Waals surface area contributed by atoms with Gasteiger partial charge in [-0.05, 0) is 41.7 Å². The lowest BCUT2D eigenvalue weighted by molar-refractivity contribution is 0.100. The Kier molecular flexibility index (Phi) is 4.96. The monoisotopic (exact) mass is 403 g/mol. The van der Waals surface area contributed by atoms with Crippen LogP contribution in [-0.4, -0.2) is 45.8 Å². The van der Waals surface area contributed by atoms with Crippen molar-refractivity contribution in [1.29, 1.82) is 0 Å². The Morgan fingerprint density at radius 1 is 1.07 bits per heavy atom. The van der Waals surface area contributed by atoms with Gasteiger partial charge in [-0.2, -0.15) is 0 Å². The molecule has 7 nitrogen and oxygen atoms in total. The topological polar surface area (TPSA) is 72.3 Å². The number of carbonyl (C=O) groups excluding carboxylic acids is 1. The molecule has 30 heavy (non-hydrogen) atoms. The number of aromatic nitrogens is 3. The summed E-state index contributed by atoms with van der Waals surface area (Å²) >= 11 is 0. The lowest BCUT2D eigenvalue weighted by atomic mass is 9.89. The zero-order valence-electron chi connectivity index (χ0n) is 17.0. The van der Waals surface area contributed by atoms with Gasteiger partial charge in [-0.3, -0.25) is 9.69 Å². The number of nitrogens with zero attached hydrogens (tertiary/aromatic N) is 4. The maximum atomic E-state index is 12.7. The van der Waals surface area contributed by atoms with Gasteiger partial charge >= 0.3 is 0 Å². The van der Waals surface area contributed by atoms with E-state index in [1.54, 1.807) is 7.11 Å². The molecule has 1 N–H and O–H groups in total. The molecule has 0 bridgehead atoms. The molecule has 2 aromatic carbocycles. The summed E-state index contributed by atoms with van der Waals surface area (Å²) in [6, 6.07) is 17.7. The number of anilines is 1. The first kappa shape index (κ1) is 18.8. The van der Waals surface area contributed by atoms with E-state index in [0.717, 1.165) is 49.9 Å². The number of hydrogen-bond donors (Lipinski definition) is 1. The van der Waals surface area contributed by atoms with Crippen LogP contribution in [0.5, 0.6) is 5.75 Å². The number of methoxy groups -OCH3 is 1. The summed E-state index contributed by atoms with van der Waals surface area (Å²) in [5, 5.41) is 11.5. The SMILES string of the molecule is COc1cccc(CN2CC3Cc4nnc(C(=O)Nc5ccccc5)n4CC3C2)c1. The van der Waals surface area contributed by atoms with E-state index >= 15 is 0 Å². The van der Waals surface area contributed by atoms with Gasteiger partial charge in [0.15, 0.2) is 0 Å². The van der Waals surface area contributed by atoms with E-state index in [-0.39, 0.29) is 5.91 Å². The number of ether oxygens (including phenoxy) is 1. The molecule has 3 heterocycles. The van der Waals surface area contributed by atoms with Crippen LogP contribution in [0.1, 0.15) is 22.0 Å². The highest BCUT2D eigenvalue weighted by Crippen LogP contribution is 2.33. The molecule has 2 atom stereocenters. The third-order valence-electron chi connectivity index (χ3n) is 6.12. The summed E-state index contributed by atoms with van der Waals surface area (Å²) in [6.07, 6.45) is 0.866. The molecule has 0 saturated carbocycles. The van der Waals surface area contributed by atoms with Crippen molar-refractivity contribution in [2.45, 2.75) is 19.5 Å². The van der Waals surface area contributed by atoms with Crippen molar-refractivity contribution < 1.29 is 9.53 Å². The standard InChI is InChI=1S/C23H25N5O2/c1-30-20-9-5-6-16(10-20)12-27-13-17-11-21-25-26-22(28(21)15-18(17)14-27)23(29)24-19-7-3-2-4-8-19/h2-10,17-18H,11-15H2,1H3,(H,24,29). The smallest absolute Gasteiger partial charge is 0.293 e. The number of para-hydroxylation sites is 1. The predicted molar refractivity (Wildman–Crippen MR) is 113 cm³/mol. The second-order valence-electron chi connectivity index (χ2n) is 8.14. The summed E-state index contributed by atoms with van der Waals surface area (Å²) in [5.74, 6) is 3.06. The van der Waals surface area contributed by atoms with Crippen LogP contribution in [0.3, 0.4) is 0 Å². The first-order valence-corrected chi connectivity index (χ1v) is 10.3. The number of rotatable bonds is 5. The van der Waals surface area contributed by atoms with E-state index in [1.807, 2.05) is 47.0 Å². The number of carbonyl (C=O) groups is 1. The highest BCUT2D eigenvalue weighted by atomic mass is 16.5. The number of likely N-dealkylation sites (tertiary alicyclic amines) is 1. The van der Waals surface area contributed by atoms with Crippen LogP contribution >= 0.6 is 0 Å². The fourth-order valence-electron chi connectivity index (χ4n) is 4.66. The van der Waals surface area contributed by atoms with Gasteiger partial charge < -0.3 is 14.6 Å². The van der Waals surface area contributed by atoms with Crippen molar-refractivity contribution in [2.75, 3.05) is 25.5 Å². The van der Waals surface area contributed by atoms with Gasteiger partial charge in [0.05, 0.1) is 7.11 Å². The molecule has 2 aliphatic rings. The van der Waals surface area contributed by atoms with Gasteiger partial charge in [0.1, 0.15) is 11.6 Å². The molecule has 154 valence electrons. The summed E-state index contributed by atoms with van der Waals surface area (Å²) in [5.41, 5.74) is 2.02. The second-order valence-corrected chi connectivity index (χ2v) is 8.14. The fraction of sp³-hybridized carbons (Fsp3) is 0.348. The Bertz CT molecular complexity index is 1050. The van der Waals surface area contributed by atoms with Crippen LogP contribution in [0.2, 0.25) is 0 Å². The van der Waals surface area contributed by atoms with Crippen molar-refractivity contribution >= 4 is 11.6 Å². The maximum absolute atomic E-state index is 12.7. The Morgan fingerprint density at radius 3 is 2.73 bits per heavy atom. The minimum Gasteiger partial charge on any atom is -0.497 e. The van der Waals surface area contributed by atoms with Crippen LogP contribution in [0, 0.1) is 11.8 Å². The second kappa shape index (κ2) is 7.91. The van der Waals surface area contributed by atoms with Crippen LogP contribution in [0.25, 0.3) is 0 Å². The summed E-state index contributed by atoms with van der Waals surface area (Å²) in [7, 11) is 1.70. The van der Waals surface area contributed by atoms with Crippen molar-refractivity contribution in [2.24, 2.45) is 11.8 Å². The Morgan fingerprint density at radius 2 is 1.90 bits per heavy atom. The quantitative estimate of drug-likeness (QED) is 0.709. The average molecular weight is 403 g/mol. The van der Waals surface area contributed by atoms with E-state index < -0.39 is 0 Å².